The molecule has 0 aliphatic carbocycles. The smallest absolute Gasteiger partial charge is 0.263 e. The molecule has 0 bridgehead atoms. The largest absolute Gasteiger partial charge is 0.476 e. The van der Waals surface area contributed by atoms with Gasteiger partial charge in [-0.3, -0.25) is 9.10 Å². The number of hydrogen-bond donors (Lipinski definition) is 1. The first-order chi connectivity index (χ1) is 12.7. The van der Waals surface area contributed by atoms with E-state index in [1.807, 2.05) is 6.92 Å². The lowest BCUT2D eigenvalue weighted by molar-refractivity contribution is -0.127. The fourth-order valence-corrected chi connectivity index (χ4v) is 3.82. The molecule has 1 aliphatic rings. The molecule has 2 aromatic carbocycles. The summed E-state index contributed by atoms with van der Waals surface area (Å²) in [6.07, 6.45) is 0.692. The molecule has 1 atom stereocenters. The van der Waals surface area contributed by atoms with Crippen molar-refractivity contribution >= 4 is 21.6 Å². The number of ether oxygens (including phenoxy) is 1. The average molecular weight is 392 g/mol. The molecule has 27 heavy (non-hydrogen) atoms. The van der Waals surface area contributed by atoms with Crippen molar-refractivity contribution in [2.45, 2.75) is 19.4 Å². The third-order valence-corrected chi connectivity index (χ3v) is 5.45. The fraction of sp³-hybridized carbons (Fsp3) is 0.316. The van der Waals surface area contributed by atoms with Crippen molar-refractivity contribution in [1.29, 1.82) is 0 Å². The summed E-state index contributed by atoms with van der Waals surface area (Å²) in [7, 11) is -3.55. The number of hydrogen-bond acceptors (Lipinski definition) is 4. The van der Waals surface area contributed by atoms with Crippen molar-refractivity contribution in [3.05, 3.63) is 59.4 Å². The molecule has 6 nitrogen and oxygen atoms in total. The minimum absolute atomic E-state index is 0.0860. The Balaban J connectivity index is 1.69. The van der Waals surface area contributed by atoms with Crippen LogP contribution in [0.5, 0.6) is 5.75 Å². The number of carbonyl (C=O) groups excluding carboxylic acids is 1. The minimum atomic E-state index is -3.55. The Labute approximate surface area is 158 Å². The maximum atomic E-state index is 12.9. The summed E-state index contributed by atoms with van der Waals surface area (Å²) in [6, 6.07) is 11.2. The second-order valence-electron chi connectivity index (χ2n) is 6.54. The van der Waals surface area contributed by atoms with E-state index in [4.69, 9.17) is 4.74 Å². The van der Waals surface area contributed by atoms with Gasteiger partial charge in [0.1, 0.15) is 11.6 Å². The van der Waals surface area contributed by atoms with Gasteiger partial charge in [-0.05, 0) is 48.7 Å². The molecule has 1 N–H and O–H groups in total. The topological polar surface area (TPSA) is 75.7 Å². The van der Waals surface area contributed by atoms with Crippen LogP contribution in [-0.2, 0) is 21.2 Å². The molecule has 0 radical (unpaired) electrons. The summed E-state index contributed by atoms with van der Waals surface area (Å²) in [6.45, 7) is 2.11. The Bertz CT molecular complexity index is 945. The molecule has 0 fully saturated rings. The first kappa shape index (κ1) is 19.2. The number of carbonyl (C=O) groups is 1. The van der Waals surface area contributed by atoms with Gasteiger partial charge in [0.05, 0.1) is 18.5 Å². The van der Waals surface area contributed by atoms with Crippen molar-refractivity contribution in [2.75, 3.05) is 23.7 Å². The molecule has 1 heterocycles. The highest BCUT2D eigenvalue weighted by Gasteiger charge is 2.34. The van der Waals surface area contributed by atoms with Crippen LogP contribution >= 0.6 is 0 Å². The van der Waals surface area contributed by atoms with E-state index in [0.29, 0.717) is 24.4 Å². The zero-order chi connectivity index (χ0) is 19.6. The quantitative estimate of drug-likeness (QED) is 0.845. The highest BCUT2D eigenvalue weighted by atomic mass is 32.2. The molecule has 0 saturated heterocycles. The van der Waals surface area contributed by atoms with E-state index >= 15 is 0 Å². The van der Waals surface area contributed by atoms with Crippen LogP contribution in [0.25, 0.3) is 0 Å². The van der Waals surface area contributed by atoms with Crippen molar-refractivity contribution in [1.82, 2.24) is 5.32 Å². The molecular formula is C19H21FN2O4S. The number of rotatable bonds is 5. The van der Waals surface area contributed by atoms with Crippen LogP contribution in [0.2, 0.25) is 0 Å². The summed E-state index contributed by atoms with van der Waals surface area (Å²) < 4.78 is 44.1. The standard InChI is InChI=1S/C19H21FN2O4S/c1-13-3-8-16-17(11-13)26-18(12-22(16)27(2,24)25)19(23)21-10-9-14-4-6-15(20)7-5-14/h3-8,11,18H,9-10,12H2,1-2H3,(H,21,23)/t18-/m0/s1. The van der Waals surface area contributed by atoms with E-state index in [9.17, 15) is 17.6 Å². The zero-order valence-corrected chi connectivity index (χ0v) is 15.9. The van der Waals surface area contributed by atoms with Crippen LogP contribution in [0.1, 0.15) is 11.1 Å². The molecule has 1 amide bonds. The molecule has 1 aliphatic heterocycles. The lowest BCUT2D eigenvalue weighted by Gasteiger charge is -2.34. The molecular weight excluding hydrogens is 371 g/mol. The predicted molar refractivity (Wildman–Crippen MR) is 101 cm³/mol. The first-order valence-corrected chi connectivity index (χ1v) is 10.4. The molecule has 0 saturated carbocycles. The molecule has 144 valence electrons. The van der Waals surface area contributed by atoms with Gasteiger partial charge in [0.15, 0.2) is 6.10 Å². The second-order valence-corrected chi connectivity index (χ2v) is 8.45. The summed E-state index contributed by atoms with van der Waals surface area (Å²) >= 11 is 0. The SMILES string of the molecule is Cc1ccc2c(c1)O[C@H](C(=O)NCCc1ccc(F)cc1)CN2S(C)(=O)=O. The van der Waals surface area contributed by atoms with Gasteiger partial charge in [-0.2, -0.15) is 0 Å². The number of nitrogens with zero attached hydrogens (tertiary/aromatic N) is 1. The molecule has 8 heteroatoms. The molecule has 2 aromatic rings. The van der Waals surface area contributed by atoms with E-state index in [-0.39, 0.29) is 12.4 Å². The molecule has 0 unspecified atom stereocenters. The van der Waals surface area contributed by atoms with E-state index in [1.165, 1.54) is 16.4 Å². The van der Waals surface area contributed by atoms with Crippen molar-refractivity contribution in [3.8, 4) is 5.75 Å². The van der Waals surface area contributed by atoms with Gasteiger partial charge >= 0.3 is 0 Å². The molecule has 0 spiro atoms. The van der Waals surface area contributed by atoms with Crippen LogP contribution in [0.15, 0.2) is 42.5 Å². The van der Waals surface area contributed by atoms with Crippen LogP contribution in [0.4, 0.5) is 10.1 Å². The predicted octanol–water partition coefficient (Wildman–Crippen LogP) is 2.02. The Kier molecular flexibility index (Phi) is 5.36. The van der Waals surface area contributed by atoms with Crippen LogP contribution in [0.3, 0.4) is 0 Å². The zero-order valence-electron chi connectivity index (χ0n) is 15.1. The Hall–Kier alpha value is -2.61. The minimum Gasteiger partial charge on any atom is -0.476 e. The van der Waals surface area contributed by atoms with E-state index in [2.05, 4.69) is 5.32 Å². The highest BCUT2D eigenvalue weighted by molar-refractivity contribution is 7.92. The first-order valence-electron chi connectivity index (χ1n) is 8.51. The third-order valence-electron chi connectivity index (χ3n) is 4.30. The van der Waals surface area contributed by atoms with Crippen molar-refractivity contribution in [3.63, 3.8) is 0 Å². The highest BCUT2D eigenvalue weighted by Crippen LogP contribution is 2.35. The number of sulfonamides is 1. The van der Waals surface area contributed by atoms with Gasteiger partial charge in [0.2, 0.25) is 10.0 Å². The Morgan fingerprint density at radius 1 is 1.26 bits per heavy atom. The summed E-state index contributed by atoms with van der Waals surface area (Å²) in [5.74, 6) is -0.337. The van der Waals surface area contributed by atoms with Crippen molar-refractivity contribution < 1.29 is 22.3 Å². The Morgan fingerprint density at radius 3 is 2.63 bits per heavy atom. The number of fused-ring (bicyclic) bond motifs is 1. The monoisotopic (exact) mass is 392 g/mol. The number of nitrogens with one attached hydrogen (secondary N) is 1. The summed E-state index contributed by atoms with van der Waals surface area (Å²) in [5.41, 5.74) is 2.22. The van der Waals surface area contributed by atoms with Gasteiger partial charge in [-0.1, -0.05) is 18.2 Å². The maximum Gasteiger partial charge on any atom is 0.263 e. The fourth-order valence-electron chi connectivity index (χ4n) is 2.91. The van der Waals surface area contributed by atoms with Gasteiger partial charge in [-0.15, -0.1) is 0 Å². The number of aryl methyl sites for hydroxylation is 1. The summed E-state index contributed by atoms with van der Waals surface area (Å²) in [4.78, 5) is 12.5. The molecule has 0 aromatic heterocycles. The van der Waals surface area contributed by atoms with E-state index in [0.717, 1.165) is 17.4 Å². The van der Waals surface area contributed by atoms with Crippen LogP contribution < -0.4 is 14.4 Å². The third kappa shape index (κ3) is 4.57. The lowest BCUT2D eigenvalue weighted by atomic mass is 10.1. The number of amides is 1. The van der Waals surface area contributed by atoms with Crippen molar-refractivity contribution in [2.24, 2.45) is 0 Å². The van der Waals surface area contributed by atoms with Gasteiger partial charge in [0, 0.05) is 6.54 Å². The number of anilines is 1. The maximum absolute atomic E-state index is 12.9. The van der Waals surface area contributed by atoms with Gasteiger partial charge < -0.3 is 10.1 Å². The number of benzene rings is 2. The van der Waals surface area contributed by atoms with Crippen LogP contribution in [-0.4, -0.2) is 39.8 Å². The number of halogens is 1. The summed E-state index contributed by atoms with van der Waals surface area (Å²) in [5, 5.41) is 2.75. The second kappa shape index (κ2) is 7.56. The Morgan fingerprint density at radius 2 is 1.96 bits per heavy atom. The molecule has 3 rings (SSSR count). The lowest BCUT2D eigenvalue weighted by Crippen LogP contribution is -2.50. The van der Waals surface area contributed by atoms with E-state index in [1.54, 1.807) is 30.3 Å². The normalized spacial score (nSPS) is 16.4. The van der Waals surface area contributed by atoms with E-state index < -0.39 is 22.0 Å². The van der Waals surface area contributed by atoms with Gasteiger partial charge in [0.25, 0.3) is 5.91 Å². The van der Waals surface area contributed by atoms with Gasteiger partial charge in [-0.25, -0.2) is 12.8 Å². The van der Waals surface area contributed by atoms with Crippen LogP contribution in [0, 0.1) is 12.7 Å². The average Bonchev–Trinajstić information content (AvgIpc) is 2.61.